The molecule has 0 bridgehead atoms. The summed E-state index contributed by atoms with van der Waals surface area (Å²) >= 11 is 0. The standard InChI is InChI=1S/C12H23N3O/c1-9(11-6-13-7-11)12(16)14-5-10-3-4-15(2)8-10/h9-11,13H,3-8H2,1-2H3,(H,14,16). The average molecular weight is 225 g/mol. The van der Waals surface area contributed by atoms with Crippen molar-refractivity contribution < 1.29 is 4.79 Å². The molecule has 0 spiro atoms. The highest BCUT2D eigenvalue weighted by molar-refractivity contribution is 5.78. The van der Waals surface area contributed by atoms with E-state index in [2.05, 4.69) is 22.6 Å². The van der Waals surface area contributed by atoms with E-state index < -0.39 is 0 Å². The Morgan fingerprint density at radius 2 is 2.31 bits per heavy atom. The van der Waals surface area contributed by atoms with Gasteiger partial charge >= 0.3 is 0 Å². The molecule has 2 N–H and O–H groups in total. The molecule has 16 heavy (non-hydrogen) atoms. The van der Waals surface area contributed by atoms with Crippen LogP contribution in [0.3, 0.4) is 0 Å². The van der Waals surface area contributed by atoms with Gasteiger partial charge < -0.3 is 15.5 Å². The zero-order chi connectivity index (χ0) is 11.5. The third kappa shape index (κ3) is 2.74. The Labute approximate surface area is 97.8 Å². The summed E-state index contributed by atoms with van der Waals surface area (Å²) in [5.74, 6) is 1.60. The molecule has 2 aliphatic heterocycles. The molecule has 2 heterocycles. The quantitative estimate of drug-likeness (QED) is 0.703. The van der Waals surface area contributed by atoms with Crippen molar-refractivity contribution in [3.63, 3.8) is 0 Å². The molecule has 4 heteroatoms. The molecule has 0 radical (unpaired) electrons. The molecule has 2 rings (SSSR count). The average Bonchev–Trinajstić information content (AvgIpc) is 2.58. The first-order chi connectivity index (χ1) is 7.66. The van der Waals surface area contributed by atoms with Crippen molar-refractivity contribution in [1.29, 1.82) is 0 Å². The summed E-state index contributed by atoms with van der Waals surface area (Å²) in [4.78, 5) is 14.2. The van der Waals surface area contributed by atoms with Gasteiger partial charge in [0.15, 0.2) is 0 Å². The SMILES string of the molecule is CC(C(=O)NCC1CCN(C)C1)C1CNC1. The molecule has 2 aliphatic rings. The topological polar surface area (TPSA) is 44.4 Å². The molecule has 2 fully saturated rings. The van der Waals surface area contributed by atoms with Crippen LogP contribution >= 0.6 is 0 Å². The van der Waals surface area contributed by atoms with E-state index in [9.17, 15) is 4.79 Å². The number of carbonyl (C=O) groups excluding carboxylic acids is 1. The normalized spacial score (nSPS) is 28.8. The highest BCUT2D eigenvalue weighted by atomic mass is 16.1. The first-order valence-electron chi connectivity index (χ1n) is 6.34. The maximum Gasteiger partial charge on any atom is 0.223 e. The van der Waals surface area contributed by atoms with Gasteiger partial charge in [-0.05, 0) is 44.9 Å². The zero-order valence-corrected chi connectivity index (χ0v) is 10.3. The van der Waals surface area contributed by atoms with Crippen LogP contribution < -0.4 is 10.6 Å². The third-order valence-corrected chi connectivity index (χ3v) is 3.99. The Kier molecular flexibility index (Phi) is 3.82. The van der Waals surface area contributed by atoms with Gasteiger partial charge in [-0.1, -0.05) is 6.92 Å². The molecule has 0 aromatic heterocycles. The largest absolute Gasteiger partial charge is 0.356 e. The lowest BCUT2D eigenvalue weighted by atomic mass is 9.88. The fourth-order valence-electron chi connectivity index (χ4n) is 2.48. The molecule has 92 valence electrons. The van der Waals surface area contributed by atoms with Crippen molar-refractivity contribution in [1.82, 2.24) is 15.5 Å². The summed E-state index contributed by atoms with van der Waals surface area (Å²) < 4.78 is 0. The Morgan fingerprint density at radius 3 is 2.81 bits per heavy atom. The van der Waals surface area contributed by atoms with E-state index in [-0.39, 0.29) is 11.8 Å². The summed E-state index contributed by atoms with van der Waals surface area (Å²) in [6, 6.07) is 0. The van der Waals surface area contributed by atoms with Gasteiger partial charge in [-0.3, -0.25) is 4.79 Å². The smallest absolute Gasteiger partial charge is 0.223 e. The highest BCUT2D eigenvalue weighted by Crippen LogP contribution is 2.17. The molecule has 4 nitrogen and oxygen atoms in total. The molecular formula is C12H23N3O. The Bertz CT molecular complexity index is 253. The van der Waals surface area contributed by atoms with Crippen molar-refractivity contribution in [3.8, 4) is 0 Å². The molecule has 1 amide bonds. The van der Waals surface area contributed by atoms with Crippen molar-refractivity contribution in [2.75, 3.05) is 39.8 Å². The van der Waals surface area contributed by atoms with E-state index in [1.54, 1.807) is 0 Å². The summed E-state index contributed by atoms with van der Waals surface area (Å²) in [6.07, 6.45) is 1.22. The van der Waals surface area contributed by atoms with Crippen LogP contribution in [0.15, 0.2) is 0 Å². The number of likely N-dealkylation sites (tertiary alicyclic amines) is 1. The van der Waals surface area contributed by atoms with Gasteiger partial charge in [-0.25, -0.2) is 0 Å². The number of nitrogens with zero attached hydrogens (tertiary/aromatic N) is 1. The predicted molar refractivity (Wildman–Crippen MR) is 64.1 cm³/mol. The van der Waals surface area contributed by atoms with Gasteiger partial charge in [-0.2, -0.15) is 0 Å². The Morgan fingerprint density at radius 1 is 1.56 bits per heavy atom. The molecule has 2 atom stereocenters. The van der Waals surface area contributed by atoms with Gasteiger partial charge in [0.05, 0.1) is 0 Å². The minimum absolute atomic E-state index is 0.167. The van der Waals surface area contributed by atoms with E-state index in [1.165, 1.54) is 13.0 Å². The summed E-state index contributed by atoms with van der Waals surface area (Å²) in [5.41, 5.74) is 0. The molecule has 2 unspecified atom stereocenters. The molecule has 0 saturated carbocycles. The van der Waals surface area contributed by atoms with Crippen LogP contribution in [0, 0.1) is 17.8 Å². The van der Waals surface area contributed by atoms with Crippen molar-refractivity contribution in [2.24, 2.45) is 17.8 Å². The van der Waals surface area contributed by atoms with E-state index in [0.717, 1.165) is 26.2 Å². The van der Waals surface area contributed by atoms with E-state index in [1.807, 2.05) is 6.92 Å². The maximum atomic E-state index is 11.9. The van der Waals surface area contributed by atoms with Gasteiger partial charge in [0.1, 0.15) is 0 Å². The molecular weight excluding hydrogens is 202 g/mol. The Hall–Kier alpha value is -0.610. The second-order valence-corrected chi connectivity index (χ2v) is 5.37. The number of amides is 1. The van der Waals surface area contributed by atoms with Gasteiger partial charge in [0.25, 0.3) is 0 Å². The van der Waals surface area contributed by atoms with Gasteiger partial charge in [0.2, 0.25) is 5.91 Å². The van der Waals surface area contributed by atoms with Crippen molar-refractivity contribution in [2.45, 2.75) is 13.3 Å². The molecule has 0 aromatic rings. The molecule has 2 saturated heterocycles. The lowest BCUT2D eigenvalue weighted by Gasteiger charge is -2.31. The Balaban J connectivity index is 1.66. The van der Waals surface area contributed by atoms with Gasteiger partial charge in [0, 0.05) is 19.0 Å². The summed E-state index contributed by atoms with van der Waals surface area (Å²) in [6.45, 7) is 7.19. The summed E-state index contributed by atoms with van der Waals surface area (Å²) in [5, 5.41) is 6.31. The van der Waals surface area contributed by atoms with E-state index >= 15 is 0 Å². The third-order valence-electron chi connectivity index (χ3n) is 3.99. The van der Waals surface area contributed by atoms with Gasteiger partial charge in [-0.15, -0.1) is 0 Å². The zero-order valence-electron chi connectivity index (χ0n) is 10.3. The van der Waals surface area contributed by atoms with E-state index in [0.29, 0.717) is 11.8 Å². The molecule has 0 aliphatic carbocycles. The van der Waals surface area contributed by atoms with Crippen molar-refractivity contribution in [3.05, 3.63) is 0 Å². The van der Waals surface area contributed by atoms with Crippen LogP contribution in [-0.2, 0) is 4.79 Å². The van der Waals surface area contributed by atoms with Crippen LogP contribution in [0.5, 0.6) is 0 Å². The van der Waals surface area contributed by atoms with Crippen molar-refractivity contribution >= 4 is 5.91 Å². The summed E-state index contributed by atoms with van der Waals surface area (Å²) in [7, 11) is 2.14. The minimum Gasteiger partial charge on any atom is -0.356 e. The van der Waals surface area contributed by atoms with Crippen LogP contribution in [0.25, 0.3) is 0 Å². The number of hydrogen-bond acceptors (Lipinski definition) is 3. The fraction of sp³-hybridized carbons (Fsp3) is 0.917. The second kappa shape index (κ2) is 5.15. The van der Waals surface area contributed by atoms with Crippen LogP contribution in [0.2, 0.25) is 0 Å². The van der Waals surface area contributed by atoms with E-state index in [4.69, 9.17) is 0 Å². The first kappa shape index (κ1) is 11.9. The lowest BCUT2D eigenvalue weighted by molar-refractivity contribution is -0.126. The van der Waals surface area contributed by atoms with Crippen LogP contribution in [-0.4, -0.2) is 50.6 Å². The predicted octanol–water partition coefficient (Wildman–Crippen LogP) is -0.0902. The first-order valence-corrected chi connectivity index (χ1v) is 6.34. The fourth-order valence-corrected chi connectivity index (χ4v) is 2.48. The number of rotatable bonds is 4. The van der Waals surface area contributed by atoms with Crippen LogP contribution in [0.4, 0.5) is 0 Å². The number of hydrogen-bond donors (Lipinski definition) is 2. The van der Waals surface area contributed by atoms with Crippen LogP contribution in [0.1, 0.15) is 13.3 Å². The number of nitrogens with one attached hydrogen (secondary N) is 2. The molecule has 0 aromatic carbocycles. The number of carbonyl (C=O) groups is 1. The maximum absolute atomic E-state index is 11.9. The minimum atomic E-state index is 0.167. The highest BCUT2D eigenvalue weighted by Gasteiger charge is 2.29. The second-order valence-electron chi connectivity index (χ2n) is 5.37. The lowest BCUT2D eigenvalue weighted by Crippen LogP contribution is -2.50. The monoisotopic (exact) mass is 225 g/mol.